The molecule has 1 amide bonds. The van der Waals surface area contributed by atoms with Crippen LogP contribution < -0.4 is 5.32 Å². The van der Waals surface area contributed by atoms with Crippen LogP contribution in [0.2, 0.25) is 0 Å². The predicted octanol–water partition coefficient (Wildman–Crippen LogP) is 2.13. The van der Waals surface area contributed by atoms with Crippen LogP contribution in [0.1, 0.15) is 29.1 Å². The minimum Gasteiger partial charge on any atom is -0.360 e. The van der Waals surface area contributed by atoms with Gasteiger partial charge >= 0.3 is 0 Å². The van der Waals surface area contributed by atoms with Crippen molar-refractivity contribution in [1.29, 1.82) is 0 Å². The first-order valence-corrected chi connectivity index (χ1v) is 6.21. The van der Waals surface area contributed by atoms with Gasteiger partial charge < -0.3 is 9.84 Å². The molecule has 0 aromatic carbocycles. The lowest BCUT2D eigenvalue weighted by Gasteiger charge is -2.04. The maximum Gasteiger partial charge on any atom is 0.227 e. The lowest BCUT2D eigenvalue weighted by atomic mass is 10.2. The molecular formula is C13H18N4O2. The molecule has 2 heterocycles. The predicted molar refractivity (Wildman–Crippen MR) is 70.9 cm³/mol. The van der Waals surface area contributed by atoms with Crippen LogP contribution in [0.15, 0.2) is 10.6 Å². The molecule has 2 rings (SSSR count). The van der Waals surface area contributed by atoms with Crippen LogP contribution >= 0.6 is 0 Å². The monoisotopic (exact) mass is 262 g/mol. The molecule has 6 heteroatoms. The Kier molecular flexibility index (Phi) is 3.69. The van der Waals surface area contributed by atoms with Gasteiger partial charge in [0.15, 0.2) is 5.82 Å². The van der Waals surface area contributed by atoms with Crippen LogP contribution in [0.4, 0.5) is 5.82 Å². The zero-order valence-corrected chi connectivity index (χ0v) is 11.6. The zero-order chi connectivity index (χ0) is 14.0. The maximum atomic E-state index is 11.8. The largest absolute Gasteiger partial charge is 0.360 e. The van der Waals surface area contributed by atoms with E-state index in [0.29, 0.717) is 24.5 Å². The van der Waals surface area contributed by atoms with E-state index >= 15 is 0 Å². The number of hydrogen-bond acceptors (Lipinski definition) is 4. The number of aryl methyl sites for hydroxylation is 3. The third-order valence-electron chi connectivity index (χ3n) is 3.19. The zero-order valence-electron chi connectivity index (χ0n) is 11.6. The first-order valence-electron chi connectivity index (χ1n) is 6.21. The molecule has 0 saturated heterocycles. The van der Waals surface area contributed by atoms with E-state index in [1.165, 1.54) is 5.56 Å². The Morgan fingerprint density at radius 1 is 1.37 bits per heavy atom. The van der Waals surface area contributed by atoms with Crippen molar-refractivity contribution in [2.24, 2.45) is 0 Å². The molecule has 0 atom stereocenters. The van der Waals surface area contributed by atoms with Crippen molar-refractivity contribution in [3.05, 3.63) is 28.8 Å². The van der Waals surface area contributed by atoms with Crippen molar-refractivity contribution < 1.29 is 9.32 Å². The van der Waals surface area contributed by atoms with E-state index in [9.17, 15) is 4.79 Å². The number of aromatic nitrogens is 3. The molecular weight excluding hydrogens is 244 g/mol. The summed E-state index contributed by atoms with van der Waals surface area (Å²) in [5, 5.41) is 10.8. The highest BCUT2D eigenvalue weighted by Crippen LogP contribution is 2.12. The SMILES string of the molecule is Cc1cc(NC(=O)CCn2nc(C)c(C)c2C)no1. The molecule has 0 aliphatic rings. The Balaban J connectivity index is 1.91. The lowest BCUT2D eigenvalue weighted by Crippen LogP contribution is -2.15. The number of amides is 1. The number of carbonyl (C=O) groups is 1. The molecule has 6 nitrogen and oxygen atoms in total. The van der Waals surface area contributed by atoms with E-state index in [1.54, 1.807) is 13.0 Å². The molecule has 0 unspecified atom stereocenters. The third kappa shape index (κ3) is 3.01. The summed E-state index contributed by atoms with van der Waals surface area (Å²) in [4.78, 5) is 11.8. The Morgan fingerprint density at radius 3 is 2.63 bits per heavy atom. The topological polar surface area (TPSA) is 73.0 Å². The molecule has 0 aliphatic carbocycles. The summed E-state index contributed by atoms with van der Waals surface area (Å²) in [5.74, 6) is 1.02. The van der Waals surface area contributed by atoms with Crippen LogP contribution in [0.3, 0.4) is 0 Å². The van der Waals surface area contributed by atoms with Gasteiger partial charge in [0.25, 0.3) is 0 Å². The van der Waals surface area contributed by atoms with Gasteiger partial charge in [-0.25, -0.2) is 0 Å². The van der Waals surface area contributed by atoms with E-state index < -0.39 is 0 Å². The Bertz CT molecular complexity index is 598. The second kappa shape index (κ2) is 5.26. The van der Waals surface area contributed by atoms with Gasteiger partial charge in [-0.15, -0.1) is 0 Å². The van der Waals surface area contributed by atoms with Gasteiger partial charge in [-0.1, -0.05) is 5.16 Å². The number of hydrogen-bond donors (Lipinski definition) is 1. The van der Waals surface area contributed by atoms with Gasteiger partial charge in [-0.3, -0.25) is 9.48 Å². The van der Waals surface area contributed by atoms with Crippen LogP contribution in [-0.4, -0.2) is 20.8 Å². The number of anilines is 1. The second-order valence-electron chi connectivity index (χ2n) is 4.64. The molecule has 0 aliphatic heterocycles. The quantitative estimate of drug-likeness (QED) is 0.916. The molecule has 0 spiro atoms. The molecule has 1 N–H and O–H groups in total. The Labute approximate surface area is 111 Å². The van der Waals surface area contributed by atoms with Gasteiger partial charge in [0.1, 0.15) is 5.76 Å². The van der Waals surface area contributed by atoms with Crippen molar-refractivity contribution >= 4 is 11.7 Å². The molecule has 19 heavy (non-hydrogen) atoms. The molecule has 0 saturated carbocycles. The molecule has 2 aromatic rings. The first-order chi connectivity index (χ1) is 8.97. The Hall–Kier alpha value is -2.11. The first kappa shape index (κ1) is 13.3. The van der Waals surface area contributed by atoms with E-state index in [-0.39, 0.29) is 5.91 Å². The van der Waals surface area contributed by atoms with Crippen molar-refractivity contribution in [2.75, 3.05) is 5.32 Å². The lowest BCUT2D eigenvalue weighted by molar-refractivity contribution is -0.116. The third-order valence-corrected chi connectivity index (χ3v) is 3.19. The highest BCUT2D eigenvalue weighted by Gasteiger charge is 2.10. The molecule has 0 bridgehead atoms. The van der Waals surface area contributed by atoms with E-state index in [0.717, 1.165) is 11.4 Å². The number of carbonyl (C=O) groups excluding carboxylic acids is 1. The van der Waals surface area contributed by atoms with Gasteiger partial charge in [0, 0.05) is 24.7 Å². The molecule has 2 aromatic heterocycles. The fraction of sp³-hybridized carbons (Fsp3) is 0.462. The normalized spacial score (nSPS) is 10.7. The number of nitrogens with zero attached hydrogens (tertiary/aromatic N) is 3. The van der Waals surface area contributed by atoms with Gasteiger partial charge in [-0.05, 0) is 33.3 Å². The van der Waals surface area contributed by atoms with Crippen LogP contribution in [0.25, 0.3) is 0 Å². The van der Waals surface area contributed by atoms with Gasteiger partial charge in [0.2, 0.25) is 5.91 Å². The summed E-state index contributed by atoms with van der Waals surface area (Å²) in [7, 11) is 0. The Morgan fingerprint density at radius 2 is 2.11 bits per heavy atom. The van der Waals surface area contributed by atoms with Crippen LogP contribution in [0, 0.1) is 27.7 Å². The summed E-state index contributed by atoms with van der Waals surface area (Å²) in [6.45, 7) is 8.35. The molecule has 0 radical (unpaired) electrons. The summed E-state index contributed by atoms with van der Waals surface area (Å²) >= 11 is 0. The van der Waals surface area contributed by atoms with E-state index in [2.05, 4.69) is 15.6 Å². The summed E-state index contributed by atoms with van der Waals surface area (Å²) < 4.78 is 6.74. The van der Waals surface area contributed by atoms with Crippen molar-refractivity contribution in [1.82, 2.24) is 14.9 Å². The van der Waals surface area contributed by atoms with E-state index in [4.69, 9.17) is 4.52 Å². The fourth-order valence-electron chi connectivity index (χ4n) is 1.84. The fourth-order valence-corrected chi connectivity index (χ4v) is 1.84. The second-order valence-corrected chi connectivity index (χ2v) is 4.64. The summed E-state index contributed by atoms with van der Waals surface area (Å²) in [6.07, 6.45) is 0.354. The highest BCUT2D eigenvalue weighted by molar-refractivity contribution is 5.89. The molecule has 102 valence electrons. The van der Waals surface area contributed by atoms with Crippen LogP contribution in [-0.2, 0) is 11.3 Å². The van der Waals surface area contributed by atoms with Gasteiger partial charge in [0.05, 0.1) is 5.69 Å². The van der Waals surface area contributed by atoms with Crippen LogP contribution in [0.5, 0.6) is 0 Å². The number of nitrogens with one attached hydrogen (secondary N) is 1. The van der Waals surface area contributed by atoms with Crippen molar-refractivity contribution in [2.45, 2.75) is 40.7 Å². The molecule has 0 fully saturated rings. The average molecular weight is 262 g/mol. The highest BCUT2D eigenvalue weighted by atomic mass is 16.5. The smallest absolute Gasteiger partial charge is 0.227 e. The standard InChI is InChI=1S/C13H18N4O2/c1-8-7-12(16-19-8)14-13(18)5-6-17-11(4)9(2)10(3)15-17/h7H,5-6H2,1-4H3,(H,14,16,18). The average Bonchev–Trinajstić information content (AvgIpc) is 2.86. The number of rotatable bonds is 4. The minimum absolute atomic E-state index is 0.0986. The van der Waals surface area contributed by atoms with Crippen molar-refractivity contribution in [3.63, 3.8) is 0 Å². The summed E-state index contributed by atoms with van der Waals surface area (Å²) in [6, 6.07) is 1.69. The maximum absolute atomic E-state index is 11.8. The van der Waals surface area contributed by atoms with Crippen molar-refractivity contribution in [3.8, 4) is 0 Å². The summed E-state index contributed by atoms with van der Waals surface area (Å²) in [5.41, 5.74) is 3.28. The van der Waals surface area contributed by atoms with E-state index in [1.807, 2.05) is 25.5 Å². The minimum atomic E-state index is -0.0986. The van der Waals surface area contributed by atoms with Gasteiger partial charge in [-0.2, -0.15) is 5.10 Å².